The number of aromatic nitrogens is 5. The molecule has 9 heteroatoms. The quantitative estimate of drug-likeness (QED) is 0.772. The van der Waals surface area contributed by atoms with E-state index >= 15 is 0 Å². The highest BCUT2D eigenvalue weighted by Gasteiger charge is 2.34. The molecule has 2 aliphatic rings. The average Bonchev–Trinajstić information content (AvgIpc) is 3.34. The number of nitrogens with one attached hydrogen (secondary N) is 1. The molecule has 9 nitrogen and oxygen atoms in total. The van der Waals surface area contributed by atoms with Crippen LogP contribution in [-0.4, -0.2) is 61.3 Å². The van der Waals surface area contributed by atoms with E-state index in [1.54, 1.807) is 6.20 Å². The third kappa shape index (κ3) is 3.78. The van der Waals surface area contributed by atoms with Crippen LogP contribution < -0.4 is 5.32 Å². The lowest BCUT2D eigenvalue weighted by Gasteiger charge is -2.35. The molecule has 1 amide bonds. The van der Waals surface area contributed by atoms with Gasteiger partial charge in [-0.3, -0.25) is 14.3 Å². The Morgan fingerprint density at radius 2 is 2.27 bits per heavy atom. The maximum atomic E-state index is 12.1. The minimum absolute atomic E-state index is 0.0984. The van der Waals surface area contributed by atoms with Crippen molar-refractivity contribution in [3.63, 3.8) is 0 Å². The SMILES string of the molecule is Cn1c(Cn2cccn2)nnc1C1CC(NC(=O)CCN2CCCO2)C1. The molecule has 0 unspecified atom stereocenters. The van der Waals surface area contributed by atoms with Gasteiger partial charge in [-0.05, 0) is 25.3 Å². The third-order valence-electron chi connectivity index (χ3n) is 5.14. The minimum atomic E-state index is 0.0984. The summed E-state index contributed by atoms with van der Waals surface area (Å²) in [5.74, 6) is 2.33. The van der Waals surface area contributed by atoms with Crippen LogP contribution in [0.2, 0.25) is 0 Å². The molecule has 4 rings (SSSR count). The molecule has 2 aromatic rings. The van der Waals surface area contributed by atoms with Gasteiger partial charge in [0.15, 0.2) is 5.82 Å². The maximum absolute atomic E-state index is 12.1. The molecule has 0 aromatic carbocycles. The third-order valence-corrected chi connectivity index (χ3v) is 5.14. The van der Waals surface area contributed by atoms with Gasteiger partial charge in [0.25, 0.3) is 0 Å². The Kier molecular flexibility index (Phi) is 4.98. The fourth-order valence-electron chi connectivity index (χ4n) is 3.56. The Bertz CT molecular complexity index is 730. The number of hydroxylamine groups is 2. The van der Waals surface area contributed by atoms with Crippen LogP contribution >= 0.6 is 0 Å². The second-order valence-electron chi connectivity index (χ2n) is 7.04. The molecule has 1 N–H and O–H groups in total. The summed E-state index contributed by atoms with van der Waals surface area (Å²) < 4.78 is 3.89. The predicted octanol–water partition coefficient (Wildman–Crippen LogP) is 0.450. The van der Waals surface area contributed by atoms with E-state index in [2.05, 4.69) is 25.2 Å². The lowest BCUT2D eigenvalue weighted by atomic mass is 9.79. The molecule has 1 saturated carbocycles. The summed E-state index contributed by atoms with van der Waals surface area (Å²) >= 11 is 0. The number of carbonyl (C=O) groups is 1. The summed E-state index contributed by atoms with van der Waals surface area (Å²) in [6.07, 6.45) is 7.04. The second-order valence-corrected chi connectivity index (χ2v) is 7.04. The summed E-state index contributed by atoms with van der Waals surface area (Å²) in [7, 11) is 2.00. The van der Waals surface area contributed by atoms with Gasteiger partial charge in [0.1, 0.15) is 12.4 Å². The number of rotatable bonds is 7. The molecule has 3 heterocycles. The molecule has 26 heavy (non-hydrogen) atoms. The number of amides is 1. The summed E-state index contributed by atoms with van der Waals surface area (Å²) in [6, 6.07) is 2.13. The lowest BCUT2D eigenvalue weighted by Crippen LogP contribution is -2.44. The first-order valence-electron chi connectivity index (χ1n) is 9.22. The molecule has 2 fully saturated rings. The number of hydrogen-bond donors (Lipinski definition) is 1. The van der Waals surface area contributed by atoms with E-state index in [-0.39, 0.29) is 11.9 Å². The fraction of sp³-hybridized carbons (Fsp3) is 0.647. The van der Waals surface area contributed by atoms with Crippen molar-refractivity contribution in [2.75, 3.05) is 19.7 Å². The molecule has 140 valence electrons. The van der Waals surface area contributed by atoms with E-state index in [1.807, 2.05) is 29.1 Å². The normalized spacial score (nSPS) is 23.1. The van der Waals surface area contributed by atoms with E-state index in [0.29, 0.717) is 25.4 Å². The zero-order valence-electron chi connectivity index (χ0n) is 15.0. The standard InChI is InChI=1S/C17H25N7O2/c1-22-15(12-23-6-2-5-18-23)20-21-17(22)13-10-14(11-13)19-16(25)4-8-24-7-3-9-26-24/h2,5-6,13-14H,3-4,7-12H2,1H3,(H,19,25). The van der Waals surface area contributed by atoms with Crippen molar-refractivity contribution in [2.45, 2.75) is 44.2 Å². The van der Waals surface area contributed by atoms with Gasteiger partial charge in [0, 0.05) is 50.9 Å². The zero-order chi connectivity index (χ0) is 17.9. The van der Waals surface area contributed by atoms with Crippen LogP contribution in [0.3, 0.4) is 0 Å². The topological polar surface area (TPSA) is 90.1 Å². The molecule has 2 aromatic heterocycles. The Hall–Kier alpha value is -2.26. The van der Waals surface area contributed by atoms with E-state index in [4.69, 9.17) is 4.84 Å². The van der Waals surface area contributed by atoms with Gasteiger partial charge in [-0.2, -0.15) is 10.2 Å². The summed E-state index contributed by atoms with van der Waals surface area (Å²) in [4.78, 5) is 17.5. The van der Waals surface area contributed by atoms with Crippen LogP contribution in [0.15, 0.2) is 18.5 Å². The first-order valence-corrected chi connectivity index (χ1v) is 9.22. The van der Waals surface area contributed by atoms with Crippen LogP contribution in [0.25, 0.3) is 0 Å². The largest absolute Gasteiger partial charge is 0.353 e. The smallest absolute Gasteiger partial charge is 0.221 e. The number of hydrogen-bond acceptors (Lipinski definition) is 6. The van der Waals surface area contributed by atoms with Crippen LogP contribution in [0, 0.1) is 0 Å². The highest BCUT2D eigenvalue weighted by Crippen LogP contribution is 2.35. The lowest BCUT2D eigenvalue weighted by molar-refractivity contribution is -0.131. The fourth-order valence-corrected chi connectivity index (χ4v) is 3.56. The summed E-state index contributed by atoms with van der Waals surface area (Å²) in [5, 5.41) is 17.9. The molecular weight excluding hydrogens is 334 g/mol. The van der Waals surface area contributed by atoms with E-state index in [9.17, 15) is 4.79 Å². The van der Waals surface area contributed by atoms with Gasteiger partial charge in [0.05, 0.1) is 6.61 Å². The highest BCUT2D eigenvalue weighted by atomic mass is 16.7. The molecule has 1 aliphatic carbocycles. The van der Waals surface area contributed by atoms with E-state index < -0.39 is 0 Å². The molecule has 0 atom stereocenters. The van der Waals surface area contributed by atoms with Crippen molar-refractivity contribution >= 4 is 5.91 Å². The van der Waals surface area contributed by atoms with Crippen molar-refractivity contribution < 1.29 is 9.63 Å². The Morgan fingerprint density at radius 1 is 1.38 bits per heavy atom. The van der Waals surface area contributed by atoms with Crippen LogP contribution in [0.1, 0.15) is 43.3 Å². The second kappa shape index (κ2) is 7.55. The van der Waals surface area contributed by atoms with Crippen molar-refractivity contribution in [3.8, 4) is 0 Å². The molecule has 1 aliphatic heterocycles. The Balaban J connectivity index is 1.23. The van der Waals surface area contributed by atoms with Gasteiger partial charge < -0.3 is 9.88 Å². The molecule has 0 radical (unpaired) electrons. The zero-order valence-corrected chi connectivity index (χ0v) is 15.0. The van der Waals surface area contributed by atoms with Crippen molar-refractivity contribution in [1.82, 2.24) is 34.9 Å². The summed E-state index contributed by atoms with van der Waals surface area (Å²) in [5.41, 5.74) is 0. The van der Waals surface area contributed by atoms with Gasteiger partial charge in [-0.1, -0.05) is 0 Å². The summed E-state index contributed by atoms with van der Waals surface area (Å²) in [6.45, 7) is 2.97. The minimum Gasteiger partial charge on any atom is -0.353 e. The van der Waals surface area contributed by atoms with Crippen molar-refractivity contribution in [3.05, 3.63) is 30.1 Å². The van der Waals surface area contributed by atoms with Gasteiger partial charge in [0.2, 0.25) is 5.91 Å². The van der Waals surface area contributed by atoms with Gasteiger partial charge in [-0.25, -0.2) is 0 Å². The Labute approximate surface area is 152 Å². The monoisotopic (exact) mass is 359 g/mol. The molecule has 0 bridgehead atoms. The first kappa shape index (κ1) is 17.2. The highest BCUT2D eigenvalue weighted by molar-refractivity contribution is 5.76. The van der Waals surface area contributed by atoms with Gasteiger partial charge in [-0.15, -0.1) is 10.2 Å². The maximum Gasteiger partial charge on any atom is 0.221 e. The van der Waals surface area contributed by atoms with E-state index in [0.717, 1.165) is 44.1 Å². The van der Waals surface area contributed by atoms with E-state index in [1.165, 1.54) is 0 Å². The average molecular weight is 359 g/mol. The van der Waals surface area contributed by atoms with Crippen LogP contribution in [-0.2, 0) is 23.2 Å². The number of nitrogens with zero attached hydrogens (tertiary/aromatic N) is 6. The first-order chi connectivity index (χ1) is 12.7. The predicted molar refractivity (Wildman–Crippen MR) is 93.0 cm³/mol. The molecule has 0 spiro atoms. The Morgan fingerprint density at radius 3 is 3.00 bits per heavy atom. The molecule has 1 saturated heterocycles. The van der Waals surface area contributed by atoms with Crippen LogP contribution in [0.5, 0.6) is 0 Å². The molecular formula is C17H25N7O2. The van der Waals surface area contributed by atoms with Crippen molar-refractivity contribution in [1.29, 1.82) is 0 Å². The van der Waals surface area contributed by atoms with Crippen LogP contribution in [0.4, 0.5) is 0 Å². The van der Waals surface area contributed by atoms with Gasteiger partial charge >= 0.3 is 0 Å². The van der Waals surface area contributed by atoms with Crippen molar-refractivity contribution in [2.24, 2.45) is 7.05 Å². The number of carbonyl (C=O) groups excluding carboxylic acids is 1.